The number of hydrogen-bond acceptors (Lipinski definition) is 5. The highest BCUT2D eigenvalue weighted by molar-refractivity contribution is 7.90. The highest BCUT2D eigenvalue weighted by Crippen LogP contribution is 2.29. The minimum absolute atomic E-state index is 0.223. The van der Waals surface area contributed by atoms with Crippen molar-refractivity contribution >= 4 is 10.0 Å². The van der Waals surface area contributed by atoms with Crippen molar-refractivity contribution in [1.82, 2.24) is 14.5 Å². The molecular formula is C19H25N3O4S. The average Bonchev–Trinajstić information content (AvgIpc) is 3.44. The third kappa shape index (κ3) is 4.51. The van der Waals surface area contributed by atoms with E-state index < -0.39 is 10.0 Å². The fourth-order valence-electron chi connectivity index (χ4n) is 3.25. The Kier molecular flexibility index (Phi) is 5.21. The monoisotopic (exact) mass is 391 g/mol. The van der Waals surface area contributed by atoms with E-state index in [1.165, 1.54) is 0 Å². The molecule has 1 aromatic heterocycles. The zero-order valence-electron chi connectivity index (χ0n) is 15.4. The molecular weight excluding hydrogens is 366 g/mol. The Labute approximate surface area is 159 Å². The van der Waals surface area contributed by atoms with Crippen molar-refractivity contribution in [2.24, 2.45) is 0 Å². The predicted molar refractivity (Wildman–Crippen MR) is 102 cm³/mol. The molecule has 1 aromatic carbocycles. The molecule has 2 aliphatic rings. The molecule has 0 bridgehead atoms. The molecule has 146 valence electrons. The largest absolute Gasteiger partial charge is 0.491 e. The van der Waals surface area contributed by atoms with Gasteiger partial charge < -0.3 is 9.47 Å². The number of nitrogens with zero attached hydrogens (tertiary/aromatic N) is 2. The van der Waals surface area contributed by atoms with Crippen LogP contribution in [0, 0.1) is 6.92 Å². The van der Waals surface area contributed by atoms with Gasteiger partial charge in [-0.25, -0.2) is 17.8 Å². The Morgan fingerprint density at radius 2 is 2.04 bits per heavy atom. The summed E-state index contributed by atoms with van der Waals surface area (Å²) >= 11 is 0. The SMILES string of the molecule is Cc1cnn(-c2ccc(OCC3OCCCC3NS(=O)(=O)C3CC3)cc2)c1. The van der Waals surface area contributed by atoms with E-state index in [1.807, 2.05) is 48.3 Å². The Balaban J connectivity index is 1.36. The Morgan fingerprint density at radius 1 is 1.26 bits per heavy atom. The summed E-state index contributed by atoms with van der Waals surface area (Å²) in [5.41, 5.74) is 2.06. The predicted octanol–water partition coefficient (Wildman–Crippen LogP) is 2.19. The van der Waals surface area contributed by atoms with Gasteiger partial charge in [-0.2, -0.15) is 5.10 Å². The lowest BCUT2D eigenvalue weighted by atomic mass is 10.0. The molecule has 0 radical (unpaired) electrons. The molecule has 4 rings (SSSR count). The van der Waals surface area contributed by atoms with E-state index >= 15 is 0 Å². The Hall–Kier alpha value is -1.90. The van der Waals surface area contributed by atoms with Gasteiger partial charge in [-0.1, -0.05) is 0 Å². The number of aromatic nitrogens is 2. The second-order valence-corrected chi connectivity index (χ2v) is 9.28. The summed E-state index contributed by atoms with van der Waals surface area (Å²) in [6.07, 6.45) is 6.64. The maximum absolute atomic E-state index is 12.2. The molecule has 2 unspecified atom stereocenters. The van der Waals surface area contributed by atoms with E-state index in [4.69, 9.17) is 9.47 Å². The van der Waals surface area contributed by atoms with Gasteiger partial charge in [-0.15, -0.1) is 0 Å². The average molecular weight is 391 g/mol. The second kappa shape index (κ2) is 7.61. The van der Waals surface area contributed by atoms with Crippen LogP contribution in [0.2, 0.25) is 0 Å². The minimum Gasteiger partial charge on any atom is -0.491 e. The van der Waals surface area contributed by atoms with Crippen molar-refractivity contribution in [3.8, 4) is 11.4 Å². The maximum atomic E-state index is 12.2. The van der Waals surface area contributed by atoms with Crippen LogP contribution in [-0.2, 0) is 14.8 Å². The first-order valence-corrected chi connectivity index (χ1v) is 10.9. The van der Waals surface area contributed by atoms with Gasteiger partial charge in [0.2, 0.25) is 10.0 Å². The molecule has 8 heteroatoms. The molecule has 2 aromatic rings. The van der Waals surface area contributed by atoms with E-state index in [-0.39, 0.29) is 17.4 Å². The molecule has 27 heavy (non-hydrogen) atoms. The van der Waals surface area contributed by atoms with E-state index in [0.717, 1.165) is 42.7 Å². The molecule has 1 N–H and O–H groups in total. The number of benzene rings is 1. The number of hydrogen-bond donors (Lipinski definition) is 1. The van der Waals surface area contributed by atoms with Crippen LogP contribution in [0.25, 0.3) is 5.69 Å². The summed E-state index contributed by atoms with van der Waals surface area (Å²) in [5, 5.41) is 4.07. The second-order valence-electron chi connectivity index (χ2n) is 7.29. The number of nitrogens with one attached hydrogen (secondary N) is 1. The Morgan fingerprint density at radius 3 is 2.70 bits per heavy atom. The standard InChI is InChI=1S/C19H25N3O4S/c1-14-11-20-22(12-14)15-4-6-16(7-5-15)26-13-19-18(3-2-10-25-19)21-27(23,24)17-8-9-17/h4-7,11-12,17-19,21H,2-3,8-10,13H2,1H3. The van der Waals surface area contributed by atoms with E-state index in [2.05, 4.69) is 9.82 Å². The van der Waals surface area contributed by atoms with Gasteiger partial charge in [0.1, 0.15) is 18.5 Å². The third-order valence-corrected chi connectivity index (χ3v) is 6.93. The van der Waals surface area contributed by atoms with Crippen molar-refractivity contribution in [3.05, 3.63) is 42.2 Å². The van der Waals surface area contributed by atoms with E-state index in [9.17, 15) is 8.42 Å². The molecule has 1 saturated carbocycles. The fraction of sp³-hybridized carbons (Fsp3) is 0.526. The highest BCUT2D eigenvalue weighted by Gasteiger charge is 2.39. The van der Waals surface area contributed by atoms with Crippen LogP contribution < -0.4 is 9.46 Å². The maximum Gasteiger partial charge on any atom is 0.214 e. The summed E-state index contributed by atoms with van der Waals surface area (Å²) in [5.74, 6) is 0.723. The molecule has 0 amide bonds. The molecule has 1 aliphatic carbocycles. The molecule has 2 atom stereocenters. The van der Waals surface area contributed by atoms with Gasteiger partial charge in [0.15, 0.2) is 0 Å². The summed E-state index contributed by atoms with van der Waals surface area (Å²) < 4.78 is 40.8. The van der Waals surface area contributed by atoms with Crippen molar-refractivity contribution < 1.29 is 17.9 Å². The van der Waals surface area contributed by atoms with Crippen molar-refractivity contribution in [3.63, 3.8) is 0 Å². The zero-order valence-corrected chi connectivity index (χ0v) is 16.2. The van der Waals surface area contributed by atoms with Crippen LogP contribution in [0.3, 0.4) is 0 Å². The van der Waals surface area contributed by atoms with Gasteiger partial charge in [0, 0.05) is 12.8 Å². The van der Waals surface area contributed by atoms with Gasteiger partial charge in [-0.05, 0) is 62.4 Å². The van der Waals surface area contributed by atoms with Crippen molar-refractivity contribution in [2.75, 3.05) is 13.2 Å². The quantitative estimate of drug-likeness (QED) is 0.782. The molecule has 7 nitrogen and oxygen atoms in total. The van der Waals surface area contributed by atoms with Gasteiger partial charge in [0.25, 0.3) is 0 Å². The zero-order chi connectivity index (χ0) is 18.9. The highest BCUT2D eigenvalue weighted by atomic mass is 32.2. The molecule has 2 fully saturated rings. The van der Waals surface area contributed by atoms with Crippen molar-refractivity contribution in [1.29, 1.82) is 0 Å². The molecule has 2 heterocycles. The van der Waals surface area contributed by atoms with Crippen LogP contribution >= 0.6 is 0 Å². The third-order valence-electron chi connectivity index (χ3n) is 4.95. The smallest absolute Gasteiger partial charge is 0.214 e. The first-order valence-electron chi connectivity index (χ1n) is 9.38. The fourth-order valence-corrected chi connectivity index (χ4v) is 4.89. The van der Waals surface area contributed by atoms with Gasteiger partial charge >= 0.3 is 0 Å². The van der Waals surface area contributed by atoms with Crippen LogP contribution in [0.4, 0.5) is 0 Å². The molecule has 0 spiro atoms. The summed E-state index contributed by atoms with van der Waals surface area (Å²) in [6, 6.07) is 7.43. The minimum atomic E-state index is -3.23. The first-order chi connectivity index (χ1) is 13.0. The van der Waals surface area contributed by atoms with Crippen LogP contribution in [-0.4, -0.2) is 48.8 Å². The summed E-state index contributed by atoms with van der Waals surface area (Å²) in [7, 11) is -3.23. The van der Waals surface area contributed by atoms with Crippen molar-refractivity contribution in [2.45, 2.75) is 50.0 Å². The van der Waals surface area contributed by atoms with Gasteiger partial charge in [-0.3, -0.25) is 0 Å². The summed E-state index contributed by atoms with van der Waals surface area (Å²) in [6.45, 7) is 2.95. The van der Waals surface area contributed by atoms with E-state index in [1.54, 1.807) is 0 Å². The van der Waals surface area contributed by atoms with Crippen LogP contribution in [0.5, 0.6) is 5.75 Å². The number of ether oxygens (including phenoxy) is 2. The first kappa shape index (κ1) is 18.5. The van der Waals surface area contributed by atoms with Gasteiger partial charge in [0.05, 0.1) is 23.2 Å². The lowest BCUT2D eigenvalue weighted by Gasteiger charge is -2.32. The Bertz CT molecular complexity index is 875. The van der Waals surface area contributed by atoms with Crippen LogP contribution in [0.15, 0.2) is 36.7 Å². The van der Waals surface area contributed by atoms with E-state index in [0.29, 0.717) is 13.2 Å². The van der Waals surface area contributed by atoms with Crippen LogP contribution in [0.1, 0.15) is 31.2 Å². The lowest BCUT2D eigenvalue weighted by Crippen LogP contribution is -2.50. The number of sulfonamides is 1. The number of aryl methyl sites for hydroxylation is 1. The topological polar surface area (TPSA) is 82.4 Å². The summed E-state index contributed by atoms with van der Waals surface area (Å²) in [4.78, 5) is 0. The molecule has 1 saturated heterocycles. The lowest BCUT2D eigenvalue weighted by molar-refractivity contribution is -0.0279. The molecule has 1 aliphatic heterocycles. The number of rotatable bonds is 7. The normalized spacial score (nSPS) is 23.3.